The summed E-state index contributed by atoms with van der Waals surface area (Å²) in [6, 6.07) is 0. The monoisotopic (exact) mass is 290 g/mol. The Morgan fingerprint density at radius 3 is 2.53 bits per heavy atom. The van der Waals surface area contributed by atoms with Crippen molar-refractivity contribution in [1.82, 2.24) is 9.78 Å². The molecule has 19 heavy (non-hydrogen) atoms. The Hall–Kier alpha value is -0.970. The summed E-state index contributed by atoms with van der Waals surface area (Å²) < 4.78 is 27.7. The zero-order chi connectivity index (χ0) is 14.2. The highest BCUT2D eigenvalue weighted by atomic mass is 35.5. The lowest BCUT2D eigenvalue weighted by atomic mass is 9.83. The number of aryl methyl sites for hydroxylation is 2. The lowest BCUT2D eigenvalue weighted by Gasteiger charge is -2.27. The number of ketones is 1. The molecule has 0 bridgehead atoms. The van der Waals surface area contributed by atoms with Crippen molar-refractivity contribution in [1.29, 1.82) is 0 Å². The molecule has 1 aromatic rings. The molecule has 6 heteroatoms. The number of carbonyl (C=O) groups is 1. The molecule has 0 aromatic carbocycles. The summed E-state index contributed by atoms with van der Waals surface area (Å²) >= 11 is 6.09. The van der Waals surface area contributed by atoms with Crippen LogP contribution in [0.5, 0.6) is 0 Å². The molecule has 1 aliphatic carbocycles. The van der Waals surface area contributed by atoms with Gasteiger partial charge < -0.3 is 0 Å². The molecule has 1 aliphatic rings. The second-order valence-electron chi connectivity index (χ2n) is 5.24. The van der Waals surface area contributed by atoms with Crippen molar-refractivity contribution < 1.29 is 13.6 Å². The summed E-state index contributed by atoms with van der Waals surface area (Å²) in [5.41, 5.74) is 1.35. The van der Waals surface area contributed by atoms with Gasteiger partial charge in [-0.05, 0) is 19.8 Å². The van der Waals surface area contributed by atoms with Crippen LogP contribution in [0, 0.1) is 12.8 Å². The van der Waals surface area contributed by atoms with E-state index in [4.69, 9.17) is 11.6 Å². The third kappa shape index (κ3) is 3.14. The van der Waals surface area contributed by atoms with E-state index in [1.807, 2.05) is 0 Å². The molecule has 0 radical (unpaired) electrons. The first kappa shape index (κ1) is 14.4. The Bertz CT molecular complexity index is 489. The average Bonchev–Trinajstić information content (AvgIpc) is 2.56. The van der Waals surface area contributed by atoms with E-state index < -0.39 is 5.92 Å². The molecule has 0 spiro atoms. The van der Waals surface area contributed by atoms with Gasteiger partial charge in [0.05, 0.1) is 22.8 Å². The first-order valence-electron chi connectivity index (χ1n) is 6.38. The zero-order valence-corrected chi connectivity index (χ0v) is 11.8. The summed E-state index contributed by atoms with van der Waals surface area (Å²) in [5.74, 6) is -2.89. The van der Waals surface area contributed by atoms with E-state index >= 15 is 0 Å². The molecule has 0 amide bonds. The molecule has 0 saturated heterocycles. The molecule has 0 atom stereocenters. The SMILES string of the molecule is Cc1nn(C)c(CC(=O)C2CCC(F)(F)CC2)c1Cl. The molecule has 0 unspecified atom stereocenters. The van der Waals surface area contributed by atoms with Gasteiger partial charge in [-0.2, -0.15) is 5.10 Å². The van der Waals surface area contributed by atoms with E-state index in [1.165, 1.54) is 0 Å². The van der Waals surface area contributed by atoms with E-state index in [-0.39, 0.29) is 43.8 Å². The Morgan fingerprint density at radius 2 is 2.05 bits per heavy atom. The molecule has 1 saturated carbocycles. The number of hydrogen-bond acceptors (Lipinski definition) is 2. The number of Topliss-reactive ketones (excluding diaryl/α,β-unsaturated/α-hetero) is 1. The predicted octanol–water partition coefficient (Wildman–Crippen LogP) is 3.32. The smallest absolute Gasteiger partial charge is 0.248 e. The lowest BCUT2D eigenvalue weighted by molar-refractivity contribution is -0.126. The van der Waals surface area contributed by atoms with Gasteiger partial charge in [0.15, 0.2) is 0 Å². The minimum atomic E-state index is -2.60. The number of rotatable bonds is 3. The highest BCUT2D eigenvalue weighted by molar-refractivity contribution is 6.32. The van der Waals surface area contributed by atoms with Crippen molar-refractivity contribution in [2.24, 2.45) is 13.0 Å². The number of halogens is 3. The lowest BCUT2D eigenvalue weighted by Crippen LogP contribution is -2.29. The van der Waals surface area contributed by atoms with Crippen LogP contribution < -0.4 is 0 Å². The van der Waals surface area contributed by atoms with Crippen LogP contribution in [-0.2, 0) is 18.3 Å². The Labute approximate surface area is 115 Å². The molecule has 3 nitrogen and oxygen atoms in total. The first-order valence-corrected chi connectivity index (χ1v) is 6.76. The van der Waals surface area contributed by atoms with Crippen LogP contribution in [-0.4, -0.2) is 21.5 Å². The summed E-state index contributed by atoms with van der Waals surface area (Å²) in [7, 11) is 1.73. The quantitative estimate of drug-likeness (QED) is 0.856. The molecule has 1 aromatic heterocycles. The molecular formula is C13H17ClF2N2O. The Balaban J connectivity index is 2.02. The van der Waals surface area contributed by atoms with E-state index in [0.29, 0.717) is 16.4 Å². The largest absolute Gasteiger partial charge is 0.299 e. The van der Waals surface area contributed by atoms with E-state index in [9.17, 15) is 13.6 Å². The van der Waals surface area contributed by atoms with Crippen LogP contribution in [0.2, 0.25) is 5.02 Å². The minimum Gasteiger partial charge on any atom is -0.299 e. The number of aromatic nitrogens is 2. The highest BCUT2D eigenvalue weighted by Crippen LogP contribution is 2.37. The predicted molar refractivity (Wildman–Crippen MR) is 68.6 cm³/mol. The van der Waals surface area contributed by atoms with Gasteiger partial charge >= 0.3 is 0 Å². The van der Waals surface area contributed by atoms with Gasteiger partial charge in [0.1, 0.15) is 5.78 Å². The van der Waals surface area contributed by atoms with Gasteiger partial charge in [-0.1, -0.05) is 11.6 Å². The number of carbonyl (C=O) groups excluding carboxylic acids is 1. The third-order valence-corrected chi connectivity index (χ3v) is 4.27. The van der Waals surface area contributed by atoms with Gasteiger partial charge in [-0.25, -0.2) is 8.78 Å². The fourth-order valence-electron chi connectivity index (χ4n) is 2.54. The molecule has 1 fully saturated rings. The summed E-state index contributed by atoms with van der Waals surface area (Å²) in [5, 5.41) is 4.64. The molecule has 1 heterocycles. The molecule has 0 aliphatic heterocycles. The topological polar surface area (TPSA) is 34.9 Å². The van der Waals surface area contributed by atoms with Crippen LogP contribution in [0.25, 0.3) is 0 Å². The molecule has 2 rings (SSSR count). The summed E-state index contributed by atoms with van der Waals surface area (Å²) in [4.78, 5) is 12.1. The maximum atomic E-state index is 13.1. The summed E-state index contributed by atoms with van der Waals surface area (Å²) in [6.07, 6.45) is 0.316. The van der Waals surface area contributed by atoms with E-state index in [0.717, 1.165) is 0 Å². The van der Waals surface area contributed by atoms with Crippen LogP contribution in [0.15, 0.2) is 0 Å². The minimum absolute atomic E-state index is 0.0135. The zero-order valence-electron chi connectivity index (χ0n) is 11.0. The fraction of sp³-hybridized carbons (Fsp3) is 0.692. The van der Waals surface area contributed by atoms with Crippen LogP contribution in [0.1, 0.15) is 37.1 Å². The maximum absolute atomic E-state index is 13.1. The van der Waals surface area contributed by atoms with E-state index in [2.05, 4.69) is 5.10 Å². The van der Waals surface area contributed by atoms with Gasteiger partial charge in [0, 0.05) is 25.8 Å². The molecule has 0 N–H and O–H groups in total. The van der Waals surface area contributed by atoms with Gasteiger partial charge in [0.25, 0.3) is 0 Å². The third-order valence-electron chi connectivity index (χ3n) is 3.78. The van der Waals surface area contributed by atoms with Crippen molar-refractivity contribution >= 4 is 17.4 Å². The van der Waals surface area contributed by atoms with Gasteiger partial charge in [-0.3, -0.25) is 9.48 Å². The number of alkyl halides is 2. The van der Waals surface area contributed by atoms with E-state index in [1.54, 1.807) is 18.7 Å². The first-order chi connectivity index (χ1) is 8.80. The normalized spacial score (nSPS) is 19.6. The van der Waals surface area contributed by atoms with Crippen LogP contribution in [0.4, 0.5) is 8.78 Å². The van der Waals surface area contributed by atoms with Crippen molar-refractivity contribution in [3.05, 3.63) is 16.4 Å². The van der Waals surface area contributed by atoms with Gasteiger partial charge in [-0.15, -0.1) is 0 Å². The fourth-order valence-corrected chi connectivity index (χ4v) is 2.77. The maximum Gasteiger partial charge on any atom is 0.248 e. The standard InChI is InChI=1S/C13H17ClF2N2O/c1-8-12(14)10(18(2)17-8)7-11(19)9-3-5-13(15,16)6-4-9/h9H,3-7H2,1-2H3. The second-order valence-corrected chi connectivity index (χ2v) is 5.62. The van der Waals surface area contributed by atoms with Crippen LogP contribution in [0.3, 0.4) is 0 Å². The molecule has 106 valence electrons. The van der Waals surface area contributed by atoms with Gasteiger partial charge in [0.2, 0.25) is 5.92 Å². The average molecular weight is 291 g/mol. The highest BCUT2D eigenvalue weighted by Gasteiger charge is 2.37. The Morgan fingerprint density at radius 1 is 1.47 bits per heavy atom. The van der Waals surface area contributed by atoms with Crippen molar-refractivity contribution in [3.63, 3.8) is 0 Å². The van der Waals surface area contributed by atoms with Crippen molar-refractivity contribution in [2.75, 3.05) is 0 Å². The molecular weight excluding hydrogens is 274 g/mol. The van der Waals surface area contributed by atoms with Crippen LogP contribution >= 0.6 is 11.6 Å². The number of nitrogens with zero attached hydrogens (tertiary/aromatic N) is 2. The van der Waals surface area contributed by atoms with Crippen molar-refractivity contribution in [3.8, 4) is 0 Å². The van der Waals surface area contributed by atoms with Crippen molar-refractivity contribution in [2.45, 2.75) is 45.0 Å². The second kappa shape index (κ2) is 5.19. The summed E-state index contributed by atoms with van der Waals surface area (Å²) in [6.45, 7) is 1.78. The number of hydrogen-bond donors (Lipinski definition) is 0. The Kier molecular flexibility index (Phi) is 3.95.